The maximum atomic E-state index is 11.9. The second kappa shape index (κ2) is 7.75. The highest BCUT2D eigenvalue weighted by Gasteiger charge is 2.13. The van der Waals surface area contributed by atoms with Gasteiger partial charge in [-0.25, -0.2) is 13.1 Å². The van der Waals surface area contributed by atoms with Crippen LogP contribution in [0.4, 0.5) is 0 Å². The summed E-state index contributed by atoms with van der Waals surface area (Å²) in [6.07, 6.45) is 0.444. The van der Waals surface area contributed by atoms with E-state index in [-0.39, 0.29) is 29.8 Å². The Balaban J connectivity index is 2.41. The lowest BCUT2D eigenvalue weighted by atomic mass is 10.1. The van der Waals surface area contributed by atoms with E-state index in [2.05, 4.69) is 26.0 Å². The molecule has 0 radical (unpaired) electrons. The second-order valence-electron chi connectivity index (χ2n) is 4.80. The highest BCUT2D eigenvalue weighted by Crippen LogP contribution is 2.14. The number of rotatable bonds is 7. The van der Waals surface area contributed by atoms with Gasteiger partial charge < -0.3 is 5.32 Å². The SMILES string of the molecule is CC(C)CC(=O)NCCNS(=O)(=O)c1ccc(Br)cc1. The van der Waals surface area contributed by atoms with E-state index in [9.17, 15) is 13.2 Å². The first-order valence-electron chi connectivity index (χ1n) is 6.33. The molecular weight excluding hydrogens is 344 g/mol. The van der Waals surface area contributed by atoms with Crippen LogP contribution in [0.2, 0.25) is 0 Å². The molecule has 1 rings (SSSR count). The van der Waals surface area contributed by atoms with Crippen LogP contribution in [0.1, 0.15) is 20.3 Å². The van der Waals surface area contributed by atoms with E-state index in [4.69, 9.17) is 0 Å². The molecule has 2 N–H and O–H groups in total. The number of benzene rings is 1. The lowest BCUT2D eigenvalue weighted by Crippen LogP contribution is -2.35. The standard InChI is InChI=1S/C13H19BrN2O3S/c1-10(2)9-13(17)15-7-8-16-20(18,19)12-5-3-11(14)4-6-12/h3-6,10,16H,7-9H2,1-2H3,(H,15,17). The molecule has 5 nitrogen and oxygen atoms in total. The fraction of sp³-hybridized carbons (Fsp3) is 0.462. The van der Waals surface area contributed by atoms with Crippen LogP contribution in [0.25, 0.3) is 0 Å². The molecule has 1 aromatic carbocycles. The first-order chi connectivity index (χ1) is 9.31. The van der Waals surface area contributed by atoms with Crippen molar-refractivity contribution in [3.63, 3.8) is 0 Å². The Kier molecular flexibility index (Phi) is 6.64. The molecule has 0 unspecified atom stereocenters. The minimum atomic E-state index is -3.52. The number of halogens is 1. The van der Waals surface area contributed by atoms with Crippen molar-refractivity contribution in [2.24, 2.45) is 5.92 Å². The molecule has 7 heteroatoms. The lowest BCUT2D eigenvalue weighted by Gasteiger charge is -2.09. The van der Waals surface area contributed by atoms with E-state index < -0.39 is 10.0 Å². The Bertz CT molecular complexity index is 541. The largest absolute Gasteiger partial charge is 0.355 e. The third kappa shape index (κ3) is 6.02. The van der Waals surface area contributed by atoms with E-state index >= 15 is 0 Å². The van der Waals surface area contributed by atoms with Crippen molar-refractivity contribution in [3.8, 4) is 0 Å². The number of nitrogens with one attached hydrogen (secondary N) is 2. The van der Waals surface area contributed by atoms with Gasteiger partial charge in [0.1, 0.15) is 0 Å². The van der Waals surface area contributed by atoms with Gasteiger partial charge in [-0.05, 0) is 30.2 Å². The van der Waals surface area contributed by atoms with Gasteiger partial charge in [0.25, 0.3) is 0 Å². The average molecular weight is 363 g/mol. The minimum Gasteiger partial charge on any atom is -0.355 e. The van der Waals surface area contributed by atoms with Gasteiger partial charge in [0.15, 0.2) is 0 Å². The number of carbonyl (C=O) groups excluding carboxylic acids is 1. The molecule has 0 aromatic heterocycles. The summed E-state index contributed by atoms with van der Waals surface area (Å²) in [5, 5.41) is 2.67. The summed E-state index contributed by atoms with van der Waals surface area (Å²) in [6, 6.07) is 6.37. The topological polar surface area (TPSA) is 75.3 Å². The number of hydrogen-bond donors (Lipinski definition) is 2. The monoisotopic (exact) mass is 362 g/mol. The zero-order valence-electron chi connectivity index (χ0n) is 11.5. The molecule has 0 fully saturated rings. The highest BCUT2D eigenvalue weighted by atomic mass is 79.9. The first kappa shape index (κ1) is 17.1. The Hall–Kier alpha value is -0.920. The summed E-state index contributed by atoms with van der Waals surface area (Å²) in [5.74, 6) is 0.220. The summed E-state index contributed by atoms with van der Waals surface area (Å²) in [7, 11) is -3.52. The van der Waals surface area contributed by atoms with Gasteiger partial charge in [-0.1, -0.05) is 29.8 Å². The Morgan fingerprint density at radius 3 is 2.35 bits per heavy atom. The van der Waals surface area contributed by atoms with Crippen LogP contribution < -0.4 is 10.0 Å². The predicted molar refractivity (Wildman–Crippen MR) is 81.8 cm³/mol. The molecule has 0 aliphatic rings. The zero-order chi connectivity index (χ0) is 15.2. The maximum Gasteiger partial charge on any atom is 0.240 e. The van der Waals surface area contributed by atoms with E-state index in [1.165, 1.54) is 12.1 Å². The summed E-state index contributed by atoms with van der Waals surface area (Å²) < 4.78 is 27.1. The summed E-state index contributed by atoms with van der Waals surface area (Å²) in [4.78, 5) is 11.6. The summed E-state index contributed by atoms with van der Waals surface area (Å²) in [5.41, 5.74) is 0. The molecule has 0 heterocycles. The summed E-state index contributed by atoms with van der Waals surface area (Å²) >= 11 is 3.25. The van der Waals surface area contributed by atoms with Crippen LogP contribution in [0, 0.1) is 5.92 Å². The van der Waals surface area contributed by atoms with E-state index in [0.29, 0.717) is 6.42 Å². The van der Waals surface area contributed by atoms with Gasteiger partial charge in [-0.2, -0.15) is 0 Å². The third-order valence-corrected chi connectivity index (χ3v) is 4.46. The normalized spacial score (nSPS) is 11.6. The summed E-state index contributed by atoms with van der Waals surface area (Å²) in [6.45, 7) is 4.36. The molecule has 0 saturated heterocycles. The Morgan fingerprint density at radius 1 is 1.20 bits per heavy atom. The smallest absolute Gasteiger partial charge is 0.240 e. The fourth-order valence-corrected chi connectivity index (χ4v) is 2.82. The molecule has 0 spiro atoms. The van der Waals surface area contributed by atoms with Crippen molar-refractivity contribution in [2.45, 2.75) is 25.2 Å². The molecule has 20 heavy (non-hydrogen) atoms. The van der Waals surface area contributed by atoms with E-state index in [1.807, 2.05) is 13.8 Å². The highest BCUT2D eigenvalue weighted by molar-refractivity contribution is 9.10. The van der Waals surface area contributed by atoms with Crippen LogP contribution in [-0.4, -0.2) is 27.4 Å². The van der Waals surface area contributed by atoms with Crippen molar-refractivity contribution < 1.29 is 13.2 Å². The van der Waals surface area contributed by atoms with Crippen LogP contribution in [0.5, 0.6) is 0 Å². The van der Waals surface area contributed by atoms with Gasteiger partial charge in [-0.3, -0.25) is 4.79 Å². The molecule has 112 valence electrons. The van der Waals surface area contributed by atoms with Crippen molar-refractivity contribution in [3.05, 3.63) is 28.7 Å². The zero-order valence-corrected chi connectivity index (χ0v) is 13.9. The van der Waals surface area contributed by atoms with Gasteiger partial charge >= 0.3 is 0 Å². The lowest BCUT2D eigenvalue weighted by molar-refractivity contribution is -0.121. The van der Waals surface area contributed by atoms with Gasteiger partial charge in [-0.15, -0.1) is 0 Å². The van der Waals surface area contributed by atoms with E-state index in [1.54, 1.807) is 12.1 Å². The van der Waals surface area contributed by atoms with Gasteiger partial charge in [0.05, 0.1) is 4.90 Å². The molecule has 0 aliphatic carbocycles. The van der Waals surface area contributed by atoms with Crippen molar-refractivity contribution in [1.29, 1.82) is 0 Å². The number of carbonyl (C=O) groups is 1. The number of hydrogen-bond acceptors (Lipinski definition) is 3. The molecule has 1 aromatic rings. The molecular formula is C13H19BrN2O3S. The molecule has 0 saturated carbocycles. The Labute approximate surface area is 128 Å². The minimum absolute atomic E-state index is 0.0668. The third-order valence-electron chi connectivity index (χ3n) is 2.46. The Morgan fingerprint density at radius 2 is 1.80 bits per heavy atom. The predicted octanol–water partition coefficient (Wildman–Crippen LogP) is 1.89. The fourth-order valence-electron chi connectivity index (χ4n) is 1.53. The maximum absolute atomic E-state index is 11.9. The quantitative estimate of drug-likeness (QED) is 0.727. The van der Waals surface area contributed by atoms with Gasteiger partial charge in [0, 0.05) is 24.0 Å². The number of sulfonamides is 1. The van der Waals surface area contributed by atoms with Gasteiger partial charge in [0.2, 0.25) is 15.9 Å². The second-order valence-corrected chi connectivity index (χ2v) is 7.48. The van der Waals surface area contributed by atoms with Crippen molar-refractivity contribution in [2.75, 3.05) is 13.1 Å². The first-order valence-corrected chi connectivity index (χ1v) is 8.61. The molecule has 1 amide bonds. The van der Waals surface area contributed by atoms with Crippen LogP contribution in [-0.2, 0) is 14.8 Å². The van der Waals surface area contributed by atoms with Crippen molar-refractivity contribution >= 4 is 31.9 Å². The average Bonchev–Trinajstić information content (AvgIpc) is 2.34. The van der Waals surface area contributed by atoms with Crippen molar-refractivity contribution in [1.82, 2.24) is 10.0 Å². The molecule has 0 atom stereocenters. The molecule has 0 aliphatic heterocycles. The van der Waals surface area contributed by atoms with Crippen LogP contribution in [0.15, 0.2) is 33.6 Å². The van der Waals surface area contributed by atoms with Crippen LogP contribution in [0.3, 0.4) is 0 Å². The van der Waals surface area contributed by atoms with Crippen LogP contribution >= 0.6 is 15.9 Å². The number of amides is 1. The van der Waals surface area contributed by atoms with E-state index in [0.717, 1.165) is 4.47 Å². The molecule has 0 bridgehead atoms.